The summed E-state index contributed by atoms with van der Waals surface area (Å²) in [5.41, 5.74) is 5.39. The molecule has 8 nitrogen and oxygen atoms in total. The maximum Gasteiger partial charge on any atom is 0.115 e. The Bertz CT molecular complexity index is 1790. The van der Waals surface area contributed by atoms with Gasteiger partial charge in [0.1, 0.15) is 25.3 Å². The lowest BCUT2D eigenvalue weighted by atomic mass is 9.88. The summed E-state index contributed by atoms with van der Waals surface area (Å²) in [6.45, 7) is 0. The molecular formula is C32H20N8. The fourth-order valence-corrected chi connectivity index (χ4v) is 5.29. The van der Waals surface area contributed by atoms with Gasteiger partial charge in [-0.3, -0.25) is 0 Å². The zero-order valence-electron chi connectivity index (χ0n) is 21.1. The molecule has 188 valence electrons. The Labute approximate surface area is 228 Å². The molecule has 0 fully saturated rings. The second-order valence-electron chi connectivity index (χ2n) is 9.10. The minimum Gasteiger partial charge on any atom is -0.244 e. The van der Waals surface area contributed by atoms with E-state index in [-0.39, 0.29) is 0 Å². The molecule has 0 saturated heterocycles. The van der Waals surface area contributed by atoms with Crippen molar-refractivity contribution in [2.45, 2.75) is 0 Å². The molecule has 0 aliphatic carbocycles. The van der Waals surface area contributed by atoms with Crippen LogP contribution in [0, 0.1) is 0 Å². The van der Waals surface area contributed by atoms with Crippen LogP contribution >= 0.6 is 0 Å². The summed E-state index contributed by atoms with van der Waals surface area (Å²) in [7, 11) is 0. The van der Waals surface area contributed by atoms with E-state index in [0.717, 1.165) is 65.4 Å². The third-order valence-corrected chi connectivity index (χ3v) is 6.83. The lowest BCUT2D eigenvalue weighted by molar-refractivity contribution is 1.13. The van der Waals surface area contributed by atoms with Crippen LogP contribution in [0.3, 0.4) is 0 Å². The van der Waals surface area contributed by atoms with E-state index in [1.54, 1.807) is 0 Å². The van der Waals surface area contributed by atoms with E-state index < -0.39 is 0 Å². The summed E-state index contributed by atoms with van der Waals surface area (Å²) >= 11 is 0. The van der Waals surface area contributed by atoms with E-state index in [1.165, 1.54) is 25.3 Å². The fourth-order valence-electron chi connectivity index (χ4n) is 5.29. The molecule has 0 amide bonds. The zero-order chi connectivity index (χ0) is 26.7. The van der Waals surface area contributed by atoms with Gasteiger partial charge in [-0.15, -0.1) is 0 Å². The first-order valence-electron chi connectivity index (χ1n) is 12.6. The maximum atomic E-state index is 4.34. The third kappa shape index (κ3) is 4.04. The van der Waals surface area contributed by atoms with Crippen LogP contribution in [0.5, 0.6) is 0 Å². The molecule has 0 spiro atoms. The highest BCUT2D eigenvalue weighted by Crippen LogP contribution is 2.26. The van der Waals surface area contributed by atoms with Gasteiger partial charge in [-0.2, -0.15) is 0 Å². The topological polar surface area (TPSA) is 103 Å². The van der Waals surface area contributed by atoms with Gasteiger partial charge in [0.2, 0.25) is 0 Å². The van der Waals surface area contributed by atoms with E-state index >= 15 is 0 Å². The van der Waals surface area contributed by atoms with E-state index in [4.69, 9.17) is 0 Å². The van der Waals surface area contributed by atoms with Gasteiger partial charge in [-0.25, -0.2) is 39.9 Å². The van der Waals surface area contributed by atoms with Crippen molar-refractivity contribution in [3.63, 3.8) is 0 Å². The second-order valence-corrected chi connectivity index (χ2v) is 9.10. The predicted octanol–water partition coefficient (Wildman–Crippen LogP) is 3.65. The van der Waals surface area contributed by atoms with Gasteiger partial charge < -0.3 is 0 Å². The summed E-state index contributed by atoms with van der Waals surface area (Å²) in [6.07, 6.45) is 20.7. The molecule has 0 radical (unpaired) electrons. The van der Waals surface area contributed by atoms with Crippen LogP contribution < -0.4 is 10.4 Å². The number of benzene rings is 3. The van der Waals surface area contributed by atoms with Gasteiger partial charge in [0.15, 0.2) is 0 Å². The monoisotopic (exact) mass is 516 g/mol. The molecule has 7 aromatic rings. The average Bonchev–Trinajstić information content (AvgIpc) is 3.04. The molecule has 3 aromatic carbocycles. The van der Waals surface area contributed by atoms with Crippen LogP contribution in [0.4, 0.5) is 0 Å². The minimum atomic E-state index is 0.873. The largest absolute Gasteiger partial charge is 0.244 e. The predicted molar refractivity (Wildman–Crippen MR) is 152 cm³/mol. The Morgan fingerprint density at radius 3 is 0.775 bits per heavy atom. The van der Waals surface area contributed by atoms with Crippen molar-refractivity contribution in [3.8, 4) is 0 Å². The molecular weight excluding hydrogens is 496 g/mol. The molecule has 0 aliphatic rings. The highest BCUT2D eigenvalue weighted by Gasteiger charge is 2.17. The molecule has 4 aromatic heterocycles. The first-order valence-corrected chi connectivity index (χ1v) is 12.6. The highest BCUT2D eigenvalue weighted by atomic mass is 14.8. The minimum absolute atomic E-state index is 0.873. The van der Waals surface area contributed by atoms with Crippen LogP contribution in [0.1, 0.15) is 22.3 Å². The van der Waals surface area contributed by atoms with Crippen LogP contribution in [-0.2, 0) is 0 Å². The van der Waals surface area contributed by atoms with Gasteiger partial charge in [0.05, 0.1) is 0 Å². The fraction of sp³-hybridized carbons (Fsp3) is 0. The number of rotatable bonds is 4. The highest BCUT2D eigenvalue weighted by molar-refractivity contribution is 6.06. The smallest absolute Gasteiger partial charge is 0.115 e. The molecule has 0 saturated carbocycles. The van der Waals surface area contributed by atoms with Crippen molar-refractivity contribution in [1.82, 2.24) is 39.9 Å². The Balaban J connectivity index is 1.81. The van der Waals surface area contributed by atoms with E-state index in [0.29, 0.717) is 0 Å². The zero-order valence-corrected chi connectivity index (χ0v) is 21.1. The molecule has 4 heterocycles. The summed E-state index contributed by atoms with van der Waals surface area (Å²) in [5.74, 6) is 0. The summed E-state index contributed by atoms with van der Waals surface area (Å²) in [4.78, 5) is 34.7. The summed E-state index contributed by atoms with van der Waals surface area (Å²) in [5, 5.41) is 6.34. The van der Waals surface area contributed by atoms with Gasteiger partial charge in [0, 0.05) is 83.0 Å². The van der Waals surface area contributed by atoms with Crippen LogP contribution in [0.15, 0.2) is 123 Å². The van der Waals surface area contributed by atoms with Crippen molar-refractivity contribution in [3.05, 3.63) is 156 Å². The number of hydrogen-bond acceptors (Lipinski definition) is 8. The van der Waals surface area contributed by atoms with Gasteiger partial charge in [0.25, 0.3) is 0 Å². The normalized spacial score (nSPS) is 11.0. The third-order valence-electron chi connectivity index (χ3n) is 6.83. The van der Waals surface area contributed by atoms with Crippen molar-refractivity contribution in [1.29, 1.82) is 0 Å². The number of aromatic nitrogens is 8. The maximum absolute atomic E-state index is 4.34. The molecule has 8 heteroatoms. The first kappa shape index (κ1) is 23.4. The number of fused-ring (bicyclic) bond motifs is 2. The Morgan fingerprint density at radius 2 is 0.550 bits per heavy atom. The van der Waals surface area contributed by atoms with E-state index in [1.807, 2.05) is 49.6 Å². The summed E-state index contributed by atoms with van der Waals surface area (Å²) in [6, 6.07) is 16.8. The van der Waals surface area contributed by atoms with Crippen LogP contribution in [-0.4, -0.2) is 39.9 Å². The van der Waals surface area contributed by atoms with Gasteiger partial charge in [-0.1, -0.05) is 48.5 Å². The van der Waals surface area contributed by atoms with Crippen LogP contribution in [0.25, 0.3) is 32.7 Å². The first-order chi connectivity index (χ1) is 19.9. The Kier molecular flexibility index (Phi) is 5.95. The van der Waals surface area contributed by atoms with Crippen LogP contribution in [0.2, 0.25) is 0 Å². The SMILES string of the molecule is c1ccc2c(=C(c3cncnc3)c3cncnc3)c3ccccc3c(=C(c3cncnc3)c3cncnc3)c2c1. The lowest BCUT2D eigenvalue weighted by Crippen LogP contribution is -2.21. The second kappa shape index (κ2) is 10.2. The molecule has 0 unspecified atom stereocenters. The molecule has 0 atom stereocenters. The lowest BCUT2D eigenvalue weighted by Gasteiger charge is -2.16. The summed E-state index contributed by atoms with van der Waals surface area (Å²) < 4.78 is 0. The van der Waals surface area contributed by atoms with E-state index in [9.17, 15) is 0 Å². The molecule has 40 heavy (non-hydrogen) atoms. The standard InChI is InChI=1S/C32H20N8/c1-2-6-26-25(5-1)31(29(21-9-33-17-34-10-21)22-11-35-18-36-12-22)27-7-3-4-8-28(27)32(26)30(23-13-37-19-38-14-23)24-15-39-20-40-16-24/h1-20H. The van der Waals surface area contributed by atoms with Crippen molar-refractivity contribution in [2.24, 2.45) is 0 Å². The van der Waals surface area contributed by atoms with E-state index in [2.05, 4.69) is 88.4 Å². The van der Waals surface area contributed by atoms with Gasteiger partial charge in [-0.05, 0) is 32.0 Å². The van der Waals surface area contributed by atoms with Gasteiger partial charge >= 0.3 is 0 Å². The van der Waals surface area contributed by atoms with Crippen molar-refractivity contribution in [2.75, 3.05) is 0 Å². The molecule has 0 N–H and O–H groups in total. The average molecular weight is 517 g/mol. The number of nitrogens with zero attached hydrogens (tertiary/aromatic N) is 8. The molecule has 0 bridgehead atoms. The Morgan fingerprint density at radius 1 is 0.325 bits per heavy atom. The Hall–Kier alpha value is -5.76. The molecule has 7 rings (SSSR count). The number of hydrogen-bond donors (Lipinski definition) is 0. The van der Waals surface area contributed by atoms with Crippen molar-refractivity contribution >= 4 is 32.7 Å². The molecule has 0 aliphatic heterocycles. The quantitative estimate of drug-likeness (QED) is 0.327. The van der Waals surface area contributed by atoms with Crippen molar-refractivity contribution < 1.29 is 0 Å².